The number of rotatable bonds is 7. The van der Waals surface area contributed by atoms with Gasteiger partial charge in [0.1, 0.15) is 6.34 Å². The normalized spacial score (nSPS) is 13.3. The second kappa shape index (κ2) is 6.78. The molecule has 0 N–H and O–H groups in total. The first kappa shape index (κ1) is 16.1. The summed E-state index contributed by atoms with van der Waals surface area (Å²) in [6.45, 7) is 4.19. The fourth-order valence-electron chi connectivity index (χ4n) is 1.00. The molecule has 0 amide bonds. The maximum absolute atomic E-state index is 11.6. The standard InChI is InChI=1S/C10H21IN2O2S/c1-10(2,5-7-11)6-8-16(14,15)12-9-13(3)4/h9H,5-8H2,1-4H3/b12-9+. The van der Waals surface area contributed by atoms with Crippen molar-refractivity contribution in [2.75, 3.05) is 24.3 Å². The number of hydrogen-bond donors (Lipinski definition) is 0. The Balaban J connectivity index is 4.29. The van der Waals surface area contributed by atoms with Crippen LogP contribution in [0.2, 0.25) is 0 Å². The highest BCUT2D eigenvalue weighted by Gasteiger charge is 2.20. The zero-order valence-corrected chi connectivity index (χ0v) is 13.4. The molecule has 0 fully saturated rings. The van der Waals surface area contributed by atoms with Crippen molar-refractivity contribution in [2.45, 2.75) is 26.7 Å². The van der Waals surface area contributed by atoms with E-state index in [1.165, 1.54) is 6.34 Å². The van der Waals surface area contributed by atoms with Crippen molar-refractivity contribution in [3.05, 3.63) is 0 Å². The summed E-state index contributed by atoms with van der Waals surface area (Å²) in [7, 11) is 0.195. The molecule has 96 valence electrons. The average Bonchev–Trinajstić information content (AvgIpc) is 2.13. The van der Waals surface area contributed by atoms with Gasteiger partial charge in [0.15, 0.2) is 0 Å². The number of sulfonamides is 1. The van der Waals surface area contributed by atoms with Crippen molar-refractivity contribution in [3.8, 4) is 0 Å². The Morgan fingerprint density at radius 3 is 2.31 bits per heavy atom. The van der Waals surface area contributed by atoms with Crippen molar-refractivity contribution in [1.29, 1.82) is 0 Å². The average molecular weight is 360 g/mol. The second-order valence-electron chi connectivity index (χ2n) is 4.82. The first-order chi connectivity index (χ1) is 7.18. The van der Waals surface area contributed by atoms with Gasteiger partial charge in [0.2, 0.25) is 0 Å². The van der Waals surface area contributed by atoms with Crippen LogP contribution in [0.4, 0.5) is 0 Å². The van der Waals surface area contributed by atoms with Gasteiger partial charge in [0, 0.05) is 18.5 Å². The van der Waals surface area contributed by atoms with E-state index in [0.717, 1.165) is 10.8 Å². The van der Waals surface area contributed by atoms with Crippen LogP contribution in [-0.4, -0.2) is 43.9 Å². The highest BCUT2D eigenvalue weighted by molar-refractivity contribution is 14.1. The van der Waals surface area contributed by atoms with Gasteiger partial charge < -0.3 is 4.90 Å². The van der Waals surface area contributed by atoms with Gasteiger partial charge in [-0.1, -0.05) is 36.4 Å². The van der Waals surface area contributed by atoms with Crippen LogP contribution < -0.4 is 0 Å². The summed E-state index contributed by atoms with van der Waals surface area (Å²) in [5.74, 6) is 0.126. The van der Waals surface area contributed by atoms with E-state index in [4.69, 9.17) is 0 Å². The molecule has 0 spiro atoms. The van der Waals surface area contributed by atoms with E-state index in [1.807, 2.05) is 0 Å². The van der Waals surface area contributed by atoms with E-state index in [9.17, 15) is 8.42 Å². The van der Waals surface area contributed by atoms with Crippen LogP contribution in [0.3, 0.4) is 0 Å². The third-order valence-corrected chi connectivity index (χ3v) is 3.92. The Morgan fingerprint density at radius 2 is 1.88 bits per heavy atom. The van der Waals surface area contributed by atoms with Crippen molar-refractivity contribution in [2.24, 2.45) is 9.81 Å². The zero-order chi connectivity index (χ0) is 12.8. The SMILES string of the molecule is CN(C)/C=N/S(=O)(=O)CCC(C)(C)CCI. The van der Waals surface area contributed by atoms with Gasteiger partial charge in [-0.25, -0.2) is 8.42 Å². The number of alkyl halides is 1. The molecule has 4 nitrogen and oxygen atoms in total. The van der Waals surface area contributed by atoms with E-state index in [-0.39, 0.29) is 11.2 Å². The fourth-order valence-corrected chi connectivity index (χ4v) is 3.71. The van der Waals surface area contributed by atoms with Gasteiger partial charge >= 0.3 is 0 Å². The zero-order valence-electron chi connectivity index (χ0n) is 10.4. The topological polar surface area (TPSA) is 49.7 Å². The van der Waals surface area contributed by atoms with Crippen molar-refractivity contribution < 1.29 is 8.42 Å². The molecular formula is C10H21IN2O2S. The molecule has 0 aromatic carbocycles. The molecule has 0 aliphatic rings. The Hall–Kier alpha value is 0.150. The maximum Gasteiger partial charge on any atom is 0.254 e. The number of halogens is 1. The largest absolute Gasteiger partial charge is 0.368 e. The van der Waals surface area contributed by atoms with Gasteiger partial charge in [-0.3, -0.25) is 0 Å². The minimum absolute atomic E-state index is 0.0713. The molecule has 0 atom stereocenters. The lowest BCUT2D eigenvalue weighted by molar-refractivity contribution is 0.343. The molecule has 0 bridgehead atoms. The predicted molar refractivity (Wildman–Crippen MR) is 77.9 cm³/mol. The van der Waals surface area contributed by atoms with E-state index < -0.39 is 10.0 Å². The Kier molecular flexibility index (Phi) is 6.84. The van der Waals surface area contributed by atoms with Crippen LogP contribution in [0.1, 0.15) is 26.7 Å². The summed E-state index contributed by atoms with van der Waals surface area (Å²) >= 11 is 2.31. The molecule has 0 aliphatic heterocycles. The van der Waals surface area contributed by atoms with Crippen LogP contribution in [0.25, 0.3) is 0 Å². The fraction of sp³-hybridized carbons (Fsp3) is 0.900. The molecule has 0 radical (unpaired) electrons. The Morgan fingerprint density at radius 1 is 1.31 bits per heavy atom. The lowest BCUT2D eigenvalue weighted by atomic mass is 9.87. The monoisotopic (exact) mass is 360 g/mol. The van der Waals surface area contributed by atoms with E-state index in [2.05, 4.69) is 40.8 Å². The first-order valence-electron chi connectivity index (χ1n) is 5.19. The molecule has 0 aliphatic carbocycles. The summed E-state index contributed by atoms with van der Waals surface area (Å²) in [5.41, 5.74) is 0.0713. The van der Waals surface area contributed by atoms with Gasteiger partial charge in [0.05, 0.1) is 5.75 Å². The molecule has 0 saturated heterocycles. The predicted octanol–water partition coefficient (Wildman–Crippen LogP) is 2.15. The van der Waals surface area contributed by atoms with Crippen LogP contribution in [0, 0.1) is 5.41 Å². The summed E-state index contributed by atoms with van der Waals surface area (Å²) < 4.78 is 27.8. The van der Waals surface area contributed by atoms with Gasteiger partial charge in [-0.15, -0.1) is 0 Å². The molecule has 6 heteroatoms. The molecular weight excluding hydrogens is 339 g/mol. The van der Waals surface area contributed by atoms with Gasteiger partial charge in [-0.05, 0) is 18.3 Å². The number of hydrogen-bond acceptors (Lipinski definition) is 2. The van der Waals surface area contributed by atoms with Crippen LogP contribution in [0.5, 0.6) is 0 Å². The molecule has 0 unspecified atom stereocenters. The summed E-state index contributed by atoms with van der Waals surface area (Å²) in [4.78, 5) is 1.62. The first-order valence-corrected chi connectivity index (χ1v) is 8.32. The Labute approximate surface area is 113 Å². The molecule has 0 heterocycles. The molecule has 0 aromatic rings. The quantitative estimate of drug-likeness (QED) is 0.303. The van der Waals surface area contributed by atoms with Gasteiger partial charge in [0.25, 0.3) is 10.0 Å². The minimum Gasteiger partial charge on any atom is -0.368 e. The van der Waals surface area contributed by atoms with E-state index in [0.29, 0.717) is 6.42 Å². The van der Waals surface area contributed by atoms with Crippen LogP contribution in [-0.2, 0) is 10.0 Å². The lowest BCUT2D eigenvalue weighted by Crippen LogP contribution is -2.18. The molecule has 0 aromatic heterocycles. The van der Waals surface area contributed by atoms with E-state index in [1.54, 1.807) is 19.0 Å². The second-order valence-corrected chi connectivity index (χ2v) is 7.69. The summed E-state index contributed by atoms with van der Waals surface area (Å²) in [6, 6.07) is 0. The van der Waals surface area contributed by atoms with Crippen molar-refractivity contribution in [3.63, 3.8) is 0 Å². The summed E-state index contributed by atoms with van der Waals surface area (Å²) in [6.07, 6.45) is 3.02. The van der Waals surface area contributed by atoms with E-state index >= 15 is 0 Å². The summed E-state index contributed by atoms with van der Waals surface area (Å²) in [5, 5.41) is 0. The van der Waals surface area contributed by atoms with Gasteiger partial charge in [-0.2, -0.15) is 4.40 Å². The molecule has 0 rings (SSSR count). The van der Waals surface area contributed by atoms with Crippen molar-refractivity contribution in [1.82, 2.24) is 4.90 Å². The minimum atomic E-state index is -3.30. The smallest absolute Gasteiger partial charge is 0.254 e. The van der Waals surface area contributed by atoms with Crippen molar-refractivity contribution >= 4 is 39.0 Å². The lowest BCUT2D eigenvalue weighted by Gasteiger charge is -2.22. The maximum atomic E-state index is 11.6. The highest BCUT2D eigenvalue weighted by Crippen LogP contribution is 2.26. The third kappa shape index (κ3) is 8.32. The molecule has 16 heavy (non-hydrogen) atoms. The third-order valence-electron chi connectivity index (χ3n) is 2.25. The Bertz CT molecular complexity index is 324. The van der Waals surface area contributed by atoms with Crippen LogP contribution >= 0.6 is 22.6 Å². The van der Waals surface area contributed by atoms with Crippen LogP contribution in [0.15, 0.2) is 4.40 Å². The molecule has 0 saturated carbocycles. The highest BCUT2D eigenvalue weighted by atomic mass is 127. The number of nitrogens with zero attached hydrogens (tertiary/aromatic N) is 2.